The first-order valence-corrected chi connectivity index (χ1v) is 8.50. The molecular weight excluding hydrogens is 263 g/mol. The maximum absolute atomic E-state index is 13.8. The lowest BCUT2D eigenvalue weighted by Crippen LogP contribution is -2.46. The summed E-state index contributed by atoms with van der Waals surface area (Å²) in [5.74, 6) is 0.825. The Morgan fingerprint density at radius 3 is 2.71 bits per heavy atom. The van der Waals surface area contributed by atoms with Gasteiger partial charge >= 0.3 is 0 Å². The second-order valence-electron chi connectivity index (χ2n) is 6.72. The Bertz CT molecular complexity index is 443. The summed E-state index contributed by atoms with van der Waals surface area (Å²) in [4.78, 5) is 2.40. The van der Waals surface area contributed by atoms with Crippen LogP contribution in [0.2, 0.25) is 0 Å². The molecule has 1 heterocycles. The summed E-state index contributed by atoms with van der Waals surface area (Å²) in [6.07, 6.45) is 8.11. The van der Waals surface area contributed by atoms with Crippen LogP contribution >= 0.6 is 0 Å². The van der Waals surface area contributed by atoms with Crippen molar-refractivity contribution in [2.75, 3.05) is 19.6 Å². The highest BCUT2D eigenvalue weighted by Gasteiger charge is 2.22. The molecule has 1 aromatic carbocycles. The minimum absolute atomic E-state index is 0.0708. The number of rotatable bonds is 5. The van der Waals surface area contributed by atoms with Crippen LogP contribution < -0.4 is 5.32 Å². The van der Waals surface area contributed by atoms with Gasteiger partial charge < -0.3 is 5.32 Å². The van der Waals surface area contributed by atoms with E-state index in [4.69, 9.17) is 0 Å². The van der Waals surface area contributed by atoms with Gasteiger partial charge in [0.15, 0.2) is 0 Å². The Balaban J connectivity index is 1.47. The molecule has 21 heavy (non-hydrogen) atoms. The smallest absolute Gasteiger partial charge is 0.127 e. The summed E-state index contributed by atoms with van der Waals surface area (Å²) in [6.45, 7) is 4.07. The third kappa shape index (κ3) is 4.27. The Hall–Kier alpha value is -0.930. The van der Waals surface area contributed by atoms with Gasteiger partial charge in [-0.2, -0.15) is 0 Å². The van der Waals surface area contributed by atoms with Crippen molar-refractivity contribution in [3.63, 3.8) is 0 Å². The van der Waals surface area contributed by atoms with Crippen LogP contribution in [0.25, 0.3) is 0 Å². The van der Waals surface area contributed by atoms with Crippen LogP contribution in [0.4, 0.5) is 4.39 Å². The predicted molar refractivity (Wildman–Crippen MR) is 84.7 cm³/mol. The van der Waals surface area contributed by atoms with E-state index in [9.17, 15) is 4.39 Å². The van der Waals surface area contributed by atoms with Crippen LogP contribution in [-0.2, 0) is 6.54 Å². The van der Waals surface area contributed by atoms with Gasteiger partial charge in [0.25, 0.3) is 0 Å². The first kappa shape index (κ1) is 15.0. The fraction of sp³-hybridized carbons (Fsp3) is 0.667. The summed E-state index contributed by atoms with van der Waals surface area (Å²) in [5, 5.41) is 3.76. The average molecular weight is 290 g/mol. The number of likely N-dealkylation sites (tertiary alicyclic amines) is 1. The molecule has 1 aliphatic heterocycles. The third-order valence-electron chi connectivity index (χ3n) is 5.03. The number of halogens is 1. The minimum Gasteiger partial charge on any atom is -0.312 e. The van der Waals surface area contributed by atoms with Crippen LogP contribution in [0.15, 0.2) is 24.3 Å². The number of piperidine rings is 1. The van der Waals surface area contributed by atoms with E-state index in [-0.39, 0.29) is 5.82 Å². The maximum Gasteiger partial charge on any atom is 0.127 e. The van der Waals surface area contributed by atoms with Crippen molar-refractivity contribution in [1.29, 1.82) is 0 Å². The predicted octanol–water partition coefficient (Wildman–Crippen LogP) is 3.57. The van der Waals surface area contributed by atoms with Gasteiger partial charge in [0.1, 0.15) is 5.82 Å². The monoisotopic (exact) mass is 290 g/mol. The molecule has 0 bridgehead atoms. The van der Waals surface area contributed by atoms with Gasteiger partial charge in [-0.25, -0.2) is 4.39 Å². The largest absolute Gasteiger partial charge is 0.312 e. The molecule has 1 N–H and O–H groups in total. The third-order valence-corrected chi connectivity index (χ3v) is 5.03. The van der Waals surface area contributed by atoms with E-state index < -0.39 is 0 Å². The van der Waals surface area contributed by atoms with Gasteiger partial charge in [-0.15, -0.1) is 0 Å². The SMILES string of the molecule is Fc1ccccc1CN1CCCC(NCC2CCCC2)C1. The molecule has 2 fully saturated rings. The topological polar surface area (TPSA) is 15.3 Å². The number of nitrogens with zero attached hydrogens (tertiary/aromatic N) is 1. The highest BCUT2D eigenvalue weighted by molar-refractivity contribution is 5.17. The van der Waals surface area contributed by atoms with Crippen LogP contribution in [0, 0.1) is 11.7 Å². The Kier molecular flexibility index (Phi) is 5.26. The molecule has 3 heteroatoms. The van der Waals surface area contributed by atoms with Crippen molar-refractivity contribution >= 4 is 0 Å². The molecule has 116 valence electrons. The molecule has 2 aliphatic rings. The molecule has 1 saturated heterocycles. The zero-order valence-corrected chi connectivity index (χ0v) is 12.9. The van der Waals surface area contributed by atoms with Crippen molar-refractivity contribution in [2.45, 2.75) is 51.1 Å². The van der Waals surface area contributed by atoms with E-state index in [2.05, 4.69) is 10.2 Å². The lowest BCUT2D eigenvalue weighted by atomic mass is 10.0. The highest BCUT2D eigenvalue weighted by Crippen LogP contribution is 2.24. The first-order valence-electron chi connectivity index (χ1n) is 8.50. The van der Waals surface area contributed by atoms with E-state index in [1.165, 1.54) is 45.1 Å². The number of benzene rings is 1. The van der Waals surface area contributed by atoms with Gasteiger partial charge in [-0.05, 0) is 50.8 Å². The molecule has 1 unspecified atom stereocenters. The lowest BCUT2D eigenvalue weighted by molar-refractivity contribution is 0.178. The molecule has 0 aromatic heterocycles. The van der Waals surface area contributed by atoms with E-state index >= 15 is 0 Å². The van der Waals surface area contributed by atoms with Crippen LogP contribution in [-0.4, -0.2) is 30.6 Å². The Morgan fingerprint density at radius 1 is 1.10 bits per heavy atom. The Labute approximate surface area is 127 Å². The molecule has 0 radical (unpaired) electrons. The van der Waals surface area contributed by atoms with E-state index in [0.29, 0.717) is 6.04 Å². The van der Waals surface area contributed by atoms with Gasteiger partial charge in [-0.1, -0.05) is 31.0 Å². The zero-order chi connectivity index (χ0) is 14.5. The minimum atomic E-state index is -0.0708. The molecule has 1 atom stereocenters. The number of nitrogens with one attached hydrogen (secondary N) is 1. The summed E-state index contributed by atoms with van der Waals surface area (Å²) in [6, 6.07) is 7.75. The molecule has 2 nitrogen and oxygen atoms in total. The van der Waals surface area contributed by atoms with Gasteiger partial charge in [0.05, 0.1) is 0 Å². The van der Waals surface area contributed by atoms with Gasteiger partial charge in [0, 0.05) is 24.7 Å². The quantitative estimate of drug-likeness (QED) is 0.892. The second-order valence-corrected chi connectivity index (χ2v) is 6.72. The highest BCUT2D eigenvalue weighted by atomic mass is 19.1. The van der Waals surface area contributed by atoms with E-state index in [0.717, 1.165) is 31.1 Å². The van der Waals surface area contributed by atoms with Gasteiger partial charge in [0.2, 0.25) is 0 Å². The lowest BCUT2D eigenvalue weighted by Gasteiger charge is -2.34. The molecule has 1 aromatic rings. The summed E-state index contributed by atoms with van der Waals surface area (Å²) in [7, 11) is 0. The van der Waals surface area contributed by atoms with E-state index in [1.807, 2.05) is 12.1 Å². The average Bonchev–Trinajstić information content (AvgIpc) is 3.01. The maximum atomic E-state index is 13.8. The van der Waals surface area contributed by atoms with Crippen molar-refractivity contribution < 1.29 is 4.39 Å². The van der Waals surface area contributed by atoms with Gasteiger partial charge in [-0.3, -0.25) is 4.90 Å². The van der Waals surface area contributed by atoms with Crippen molar-refractivity contribution in [3.8, 4) is 0 Å². The van der Waals surface area contributed by atoms with E-state index in [1.54, 1.807) is 12.1 Å². The number of hydrogen-bond donors (Lipinski definition) is 1. The Morgan fingerprint density at radius 2 is 1.90 bits per heavy atom. The summed E-state index contributed by atoms with van der Waals surface area (Å²) in [5.41, 5.74) is 0.828. The zero-order valence-electron chi connectivity index (χ0n) is 12.9. The number of hydrogen-bond acceptors (Lipinski definition) is 2. The molecule has 0 spiro atoms. The van der Waals surface area contributed by atoms with Crippen LogP contribution in [0.1, 0.15) is 44.1 Å². The second kappa shape index (κ2) is 7.37. The molecule has 3 rings (SSSR count). The fourth-order valence-corrected chi connectivity index (χ4v) is 3.78. The molecule has 0 amide bonds. The van der Waals surface area contributed by atoms with Crippen molar-refractivity contribution in [3.05, 3.63) is 35.6 Å². The van der Waals surface area contributed by atoms with Crippen molar-refractivity contribution in [2.24, 2.45) is 5.92 Å². The molecule has 1 saturated carbocycles. The van der Waals surface area contributed by atoms with Crippen LogP contribution in [0.5, 0.6) is 0 Å². The summed E-state index contributed by atoms with van der Waals surface area (Å²) >= 11 is 0. The van der Waals surface area contributed by atoms with Crippen LogP contribution in [0.3, 0.4) is 0 Å². The normalized spacial score (nSPS) is 24.5. The summed E-state index contributed by atoms with van der Waals surface area (Å²) < 4.78 is 13.8. The first-order chi connectivity index (χ1) is 10.3. The van der Waals surface area contributed by atoms with Crippen molar-refractivity contribution in [1.82, 2.24) is 10.2 Å². The standard InChI is InChI=1S/C18H27FN2/c19-18-10-4-3-8-16(18)13-21-11-5-9-17(14-21)20-12-15-6-1-2-7-15/h3-4,8,10,15,17,20H,1-2,5-7,9,11-14H2. The molecule has 1 aliphatic carbocycles. The molecular formula is C18H27FN2. The fourth-order valence-electron chi connectivity index (χ4n) is 3.78.